The number of esters is 1. The third kappa shape index (κ3) is 5.68. The Morgan fingerprint density at radius 1 is 0.981 bits per heavy atom. The van der Waals surface area contributed by atoms with Crippen molar-refractivity contribution in [3.05, 3.63) is 35.9 Å². The molecule has 288 valence electrons. The molecule has 0 heterocycles. The summed E-state index contributed by atoms with van der Waals surface area (Å²) in [5.41, 5.74) is -2.56. The first-order valence-corrected chi connectivity index (χ1v) is 19.7. The molecule has 0 aromatic heterocycles. The fourth-order valence-electron chi connectivity index (χ4n) is 12.8. The van der Waals surface area contributed by atoms with Crippen molar-refractivity contribution in [1.82, 2.24) is 10.2 Å². The van der Waals surface area contributed by atoms with Crippen LogP contribution in [0.2, 0.25) is 0 Å². The first-order valence-electron chi connectivity index (χ1n) is 19.7. The zero-order valence-corrected chi connectivity index (χ0v) is 33.5. The summed E-state index contributed by atoms with van der Waals surface area (Å²) in [4.78, 5) is 57.4. The topological polar surface area (TPSA) is 122 Å². The summed E-state index contributed by atoms with van der Waals surface area (Å²) in [7, 11) is 4.12. The van der Waals surface area contributed by atoms with Crippen molar-refractivity contribution < 1.29 is 33.8 Å². The first kappa shape index (κ1) is 38.9. The number of benzene rings is 1. The van der Waals surface area contributed by atoms with Crippen molar-refractivity contribution in [1.29, 1.82) is 0 Å². The van der Waals surface area contributed by atoms with E-state index in [0.717, 1.165) is 25.7 Å². The van der Waals surface area contributed by atoms with Crippen LogP contribution in [0.25, 0.3) is 0 Å². The van der Waals surface area contributed by atoms with E-state index in [4.69, 9.17) is 9.47 Å². The van der Waals surface area contributed by atoms with Crippen molar-refractivity contribution in [2.24, 2.45) is 50.7 Å². The number of hydrogen-bond acceptors (Lipinski definition) is 8. The molecule has 0 bridgehead atoms. The Morgan fingerprint density at radius 2 is 1.62 bits per heavy atom. The third-order valence-electron chi connectivity index (χ3n) is 15.7. The van der Waals surface area contributed by atoms with Crippen molar-refractivity contribution in [2.45, 2.75) is 144 Å². The standard InChI is InChI=1S/C43H64N2O7/c1-25(2)28(46)21-33(47)41(9)31-18-17-30-39(7)22-29(51-36(49)27-15-13-12-14-16-27)35(26(3)45(10)11)40(39,8)23-34(48)43(30)24-42(31,43)20-19-32(41)44-37(50)52-38(4,5)6/h12-16,25-26,29-33,35,47H,17-24H2,1-11H3,(H,44,50)/t26-,29+,30-,31-,32-,33?,35-,39-,40+,41-,42+,43+/m0/s1. The van der Waals surface area contributed by atoms with Crippen LogP contribution in [-0.2, 0) is 19.1 Å². The first-order chi connectivity index (χ1) is 24.1. The van der Waals surface area contributed by atoms with Gasteiger partial charge in [0.05, 0.1) is 11.7 Å². The molecule has 9 nitrogen and oxygen atoms in total. The van der Waals surface area contributed by atoms with Gasteiger partial charge in [0.25, 0.3) is 0 Å². The molecule has 5 aliphatic carbocycles. The maximum absolute atomic E-state index is 15.2. The minimum absolute atomic E-state index is 0.00592. The molecule has 0 radical (unpaired) electrons. The number of carbonyl (C=O) groups is 4. The van der Waals surface area contributed by atoms with Crippen LogP contribution in [0, 0.1) is 50.7 Å². The summed E-state index contributed by atoms with van der Waals surface area (Å²) < 4.78 is 12.2. The Morgan fingerprint density at radius 3 is 2.21 bits per heavy atom. The maximum Gasteiger partial charge on any atom is 0.407 e. The van der Waals surface area contributed by atoms with Gasteiger partial charge in [-0.15, -0.1) is 0 Å². The number of aliphatic hydroxyl groups excluding tert-OH is 1. The minimum Gasteiger partial charge on any atom is -0.458 e. The zero-order chi connectivity index (χ0) is 38.4. The van der Waals surface area contributed by atoms with Gasteiger partial charge < -0.3 is 24.8 Å². The summed E-state index contributed by atoms with van der Waals surface area (Å²) in [5.74, 6) is -0.272. The van der Waals surface area contributed by atoms with Gasteiger partial charge in [-0.05, 0) is 121 Å². The second-order valence-corrected chi connectivity index (χ2v) is 19.6. The van der Waals surface area contributed by atoms with Gasteiger partial charge in [-0.2, -0.15) is 0 Å². The number of amides is 1. The SMILES string of the molecule is CC(C)C(=O)CC(O)[C@]1(C)[C@@H](NC(=O)OC(C)(C)C)CC[C@]23C[C@@]24C(=O)C[C@]2(C)[C@@H]([C@H](C)N(C)C)[C@H](OC(=O)c5ccccc5)C[C@@]2(C)[C@@H]4CC[C@@H]13. The largest absolute Gasteiger partial charge is 0.458 e. The Balaban J connectivity index is 1.37. The van der Waals surface area contributed by atoms with Crippen LogP contribution in [0.3, 0.4) is 0 Å². The molecule has 0 saturated heterocycles. The second kappa shape index (κ2) is 12.9. The number of nitrogens with one attached hydrogen (secondary N) is 1. The molecule has 2 N–H and O–H groups in total. The van der Waals surface area contributed by atoms with E-state index in [9.17, 15) is 19.5 Å². The van der Waals surface area contributed by atoms with Gasteiger partial charge >= 0.3 is 12.1 Å². The number of fused-ring (bicyclic) bond motifs is 2. The maximum atomic E-state index is 15.2. The monoisotopic (exact) mass is 720 g/mol. The molecule has 12 atom stereocenters. The molecule has 9 heteroatoms. The molecule has 1 amide bonds. The lowest BCUT2D eigenvalue weighted by atomic mass is 9.41. The van der Waals surface area contributed by atoms with Crippen LogP contribution in [0.1, 0.15) is 124 Å². The van der Waals surface area contributed by atoms with Crippen LogP contribution < -0.4 is 5.32 Å². The fraction of sp³-hybridized carbons (Fsp3) is 0.767. The highest BCUT2D eigenvalue weighted by Crippen LogP contribution is 2.88. The number of rotatable bonds is 9. The number of Topliss-reactive ketones (excluding diaryl/α,β-unsaturated/α-hetero) is 2. The van der Waals surface area contributed by atoms with Gasteiger partial charge in [-0.25, -0.2) is 9.59 Å². The molecule has 2 spiro atoms. The van der Waals surface area contributed by atoms with Crippen LogP contribution in [0.15, 0.2) is 30.3 Å². The highest BCUT2D eigenvalue weighted by atomic mass is 16.6. The average molecular weight is 721 g/mol. The molecule has 5 saturated carbocycles. The number of hydrogen-bond donors (Lipinski definition) is 2. The molecule has 5 aliphatic rings. The molecule has 1 aromatic rings. The summed E-state index contributed by atoms with van der Waals surface area (Å²) in [5, 5.41) is 15.3. The van der Waals surface area contributed by atoms with Crippen LogP contribution in [0.4, 0.5) is 4.79 Å². The van der Waals surface area contributed by atoms with E-state index in [0.29, 0.717) is 30.6 Å². The molecule has 5 fully saturated rings. The van der Waals surface area contributed by atoms with Gasteiger partial charge in [0.1, 0.15) is 23.3 Å². The quantitative estimate of drug-likeness (QED) is 0.256. The van der Waals surface area contributed by atoms with Crippen LogP contribution in [-0.4, -0.2) is 77.6 Å². The molecular weight excluding hydrogens is 656 g/mol. The van der Waals surface area contributed by atoms with Gasteiger partial charge in [0, 0.05) is 47.6 Å². The summed E-state index contributed by atoms with van der Waals surface area (Å²) in [6.45, 7) is 18.1. The van der Waals surface area contributed by atoms with Crippen molar-refractivity contribution in [3.8, 4) is 0 Å². The Labute approximate surface area is 311 Å². The fourth-order valence-corrected chi connectivity index (χ4v) is 12.8. The number of aliphatic hydroxyl groups is 1. The zero-order valence-electron chi connectivity index (χ0n) is 33.5. The second-order valence-electron chi connectivity index (χ2n) is 19.6. The van der Waals surface area contributed by atoms with E-state index in [1.54, 1.807) is 12.1 Å². The minimum atomic E-state index is -0.989. The Hall–Kier alpha value is -2.78. The van der Waals surface area contributed by atoms with Crippen molar-refractivity contribution in [3.63, 3.8) is 0 Å². The third-order valence-corrected chi connectivity index (χ3v) is 15.7. The van der Waals surface area contributed by atoms with E-state index in [-0.39, 0.29) is 64.8 Å². The highest BCUT2D eigenvalue weighted by Gasteiger charge is 2.87. The van der Waals surface area contributed by atoms with E-state index >= 15 is 4.79 Å². The van der Waals surface area contributed by atoms with E-state index in [1.807, 2.05) is 59.7 Å². The molecule has 6 rings (SSSR count). The van der Waals surface area contributed by atoms with Crippen LogP contribution in [0.5, 0.6) is 0 Å². The smallest absolute Gasteiger partial charge is 0.407 e. The number of ether oxygens (including phenoxy) is 2. The average Bonchev–Trinajstić information content (AvgIpc) is 3.69. The summed E-state index contributed by atoms with van der Waals surface area (Å²) in [6, 6.07) is 8.82. The van der Waals surface area contributed by atoms with E-state index < -0.39 is 40.1 Å². The van der Waals surface area contributed by atoms with Gasteiger partial charge in [-0.3, -0.25) is 9.59 Å². The predicted octanol–water partition coefficient (Wildman–Crippen LogP) is 7.24. The van der Waals surface area contributed by atoms with Crippen LogP contribution >= 0.6 is 0 Å². The van der Waals surface area contributed by atoms with Gasteiger partial charge in [-0.1, -0.05) is 52.8 Å². The normalized spacial score (nSPS) is 40.5. The molecule has 52 heavy (non-hydrogen) atoms. The van der Waals surface area contributed by atoms with E-state index in [1.165, 1.54) is 0 Å². The number of nitrogens with zero attached hydrogens (tertiary/aromatic N) is 1. The lowest BCUT2D eigenvalue weighted by Gasteiger charge is -2.63. The van der Waals surface area contributed by atoms with Gasteiger partial charge in [0.2, 0.25) is 0 Å². The lowest BCUT2D eigenvalue weighted by molar-refractivity contribution is -0.179. The highest BCUT2D eigenvalue weighted by molar-refractivity contribution is 5.92. The summed E-state index contributed by atoms with van der Waals surface area (Å²) >= 11 is 0. The number of ketones is 2. The summed E-state index contributed by atoms with van der Waals surface area (Å²) in [6.07, 6.45) is 2.95. The van der Waals surface area contributed by atoms with Crippen molar-refractivity contribution in [2.75, 3.05) is 14.1 Å². The predicted molar refractivity (Wildman–Crippen MR) is 199 cm³/mol. The van der Waals surface area contributed by atoms with Gasteiger partial charge in [0.15, 0.2) is 0 Å². The number of carbonyl (C=O) groups excluding carboxylic acids is 4. The molecule has 1 aromatic carbocycles. The molecular formula is C43H64N2O7. The Bertz CT molecular complexity index is 1590. The molecule has 1 unspecified atom stereocenters. The van der Waals surface area contributed by atoms with E-state index in [2.05, 4.69) is 45.1 Å². The Kier molecular flexibility index (Phi) is 9.67. The van der Waals surface area contributed by atoms with Crippen molar-refractivity contribution >= 4 is 23.6 Å². The lowest BCUT2D eigenvalue weighted by Crippen LogP contribution is -2.65. The number of alkyl carbamates (subject to hydrolysis) is 1. The molecule has 0 aliphatic heterocycles.